The van der Waals surface area contributed by atoms with Gasteiger partial charge in [0.2, 0.25) is 0 Å². The minimum absolute atomic E-state index is 0.0675. The van der Waals surface area contributed by atoms with Crippen LogP contribution >= 0.6 is 0 Å². The number of nitrogens with zero attached hydrogens (tertiary/aromatic N) is 2. The Morgan fingerprint density at radius 1 is 1.42 bits per heavy atom. The summed E-state index contributed by atoms with van der Waals surface area (Å²) in [5.41, 5.74) is 3.81. The number of carbonyl (C=O) groups is 1. The van der Waals surface area contributed by atoms with Crippen molar-refractivity contribution in [1.82, 2.24) is 9.88 Å². The minimum Gasteiger partial charge on any atom is -0.440 e. The quantitative estimate of drug-likeness (QED) is 0.779. The maximum Gasteiger partial charge on any atom is 0.395 e. The maximum atomic E-state index is 12.7. The average Bonchev–Trinajstić information content (AvgIpc) is 2.93. The van der Waals surface area contributed by atoms with Crippen molar-refractivity contribution in [2.45, 2.75) is 47.5 Å². The molecule has 0 bridgehead atoms. The van der Waals surface area contributed by atoms with Gasteiger partial charge in [-0.1, -0.05) is 32.9 Å². The number of rotatable bonds is 5. The number of hydrogen-bond donors (Lipinski definition) is 0. The lowest BCUT2D eigenvalue weighted by molar-refractivity contribution is -0.132. The van der Waals surface area contributed by atoms with Crippen LogP contribution in [0.3, 0.4) is 0 Å². The van der Waals surface area contributed by atoms with Gasteiger partial charge in [-0.3, -0.25) is 4.79 Å². The van der Waals surface area contributed by atoms with Gasteiger partial charge in [-0.25, -0.2) is 0 Å². The van der Waals surface area contributed by atoms with Crippen LogP contribution in [-0.2, 0) is 4.79 Å². The molecule has 0 aliphatic heterocycles. The van der Waals surface area contributed by atoms with Crippen LogP contribution in [0.2, 0.25) is 0 Å². The highest BCUT2D eigenvalue weighted by Gasteiger charge is 2.30. The summed E-state index contributed by atoms with van der Waals surface area (Å²) in [6, 6.07) is 5.75. The van der Waals surface area contributed by atoms with Gasteiger partial charge in [-0.2, -0.15) is 4.98 Å². The van der Waals surface area contributed by atoms with Gasteiger partial charge in [0.25, 0.3) is 5.91 Å². The van der Waals surface area contributed by atoms with Crippen molar-refractivity contribution < 1.29 is 13.9 Å². The summed E-state index contributed by atoms with van der Waals surface area (Å²) in [7, 11) is 0. The van der Waals surface area contributed by atoms with Crippen LogP contribution in [0.5, 0.6) is 6.08 Å². The largest absolute Gasteiger partial charge is 0.440 e. The summed E-state index contributed by atoms with van der Waals surface area (Å²) in [4.78, 5) is 18.9. The second-order valence-electron chi connectivity index (χ2n) is 8.06. The fourth-order valence-corrected chi connectivity index (χ4v) is 3.88. The molecule has 1 unspecified atom stereocenters. The molecule has 5 heteroatoms. The van der Waals surface area contributed by atoms with Crippen molar-refractivity contribution in [1.29, 1.82) is 0 Å². The van der Waals surface area contributed by atoms with E-state index in [2.05, 4.69) is 31.8 Å². The Kier molecular flexibility index (Phi) is 5.08. The van der Waals surface area contributed by atoms with E-state index in [0.717, 1.165) is 29.6 Å². The molecule has 1 aliphatic rings. The van der Waals surface area contributed by atoms with Crippen LogP contribution in [0.25, 0.3) is 11.1 Å². The van der Waals surface area contributed by atoms with Crippen molar-refractivity contribution in [2.75, 3.05) is 13.2 Å². The maximum absolute atomic E-state index is 12.7. The molecule has 1 amide bonds. The lowest BCUT2D eigenvalue weighted by Gasteiger charge is -2.37. The molecule has 1 heterocycles. The highest BCUT2D eigenvalue weighted by molar-refractivity contribution is 5.79. The monoisotopic (exact) mass is 356 g/mol. The van der Waals surface area contributed by atoms with E-state index in [1.54, 1.807) is 0 Å². The number of likely N-dealkylation sites (N-methyl/N-ethyl adjacent to an activating group) is 1. The van der Waals surface area contributed by atoms with E-state index in [4.69, 9.17) is 9.15 Å². The Bertz CT molecular complexity index is 835. The van der Waals surface area contributed by atoms with E-state index in [1.807, 2.05) is 36.9 Å². The fourth-order valence-electron chi connectivity index (χ4n) is 3.88. The molecule has 1 aliphatic carbocycles. The predicted molar refractivity (Wildman–Crippen MR) is 102 cm³/mol. The molecule has 1 aromatic heterocycles. The van der Waals surface area contributed by atoms with Crippen molar-refractivity contribution in [3.05, 3.63) is 35.5 Å². The number of oxazole rings is 1. The standard InChI is InChI=1S/C21H28N2O3/c1-6-23(16-9-15(3)11-21(4,5)12-16)19(24)13-25-20-22-17-10-14(2)7-8-18(17)26-20/h7-10,15H,6,11-13H2,1-5H3. The number of aromatic nitrogens is 1. The number of ether oxygens (including phenoxy) is 1. The van der Waals surface area contributed by atoms with Gasteiger partial charge in [0.1, 0.15) is 5.52 Å². The number of benzene rings is 1. The van der Waals surface area contributed by atoms with Crippen molar-refractivity contribution in [3.8, 4) is 6.08 Å². The Morgan fingerprint density at radius 2 is 2.19 bits per heavy atom. The molecule has 0 spiro atoms. The number of hydrogen-bond acceptors (Lipinski definition) is 4. The van der Waals surface area contributed by atoms with Gasteiger partial charge < -0.3 is 14.1 Å². The highest BCUT2D eigenvalue weighted by Crippen LogP contribution is 2.39. The zero-order chi connectivity index (χ0) is 18.9. The van der Waals surface area contributed by atoms with E-state index in [0.29, 0.717) is 18.0 Å². The number of carbonyl (C=O) groups excluding carboxylic acids is 1. The fraction of sp³-hybridized carbons (Fsp3) is 0.524. The van der Waals surface area contributed by atoms with E-state index in [1.165, 1.54) is 0 Å². The third-order valence-electron chi connectivity index (χ3n) is 4.82. The molecule has 1 aromatic carbocycles. The van der Waals surface area contributed by atoms with Crippen LogP contribution in [-0.4, -0.2) is 28.9 Å². The molecule has 26 heavy (non-hydrogen) atoms. The first-order valence-electron chi connectivity index (χ1n) is 9.28. The molecule has 1 atom stereocenters. The summed E-state index contributed by atoms with van der Waals surface area (Å²) in [5, 5.41) is 0. The molecule has 0 N–H and O–H groups in total. The van der Waals surface area contributed by atoms with Crippen molar-refractivity contribution in [3.63, 3.8) is 0 Å². The number of amides is 1. The summed E-state index contributed by atoms with van der Waals surface area (Å²) in [6.45, 7) is 11.3. The van der Waals surface area contributed by atoms with Crippen molar-refractivity contribution in [2.24, 2.45) is 11.3 Å². The zero-order valence-corrected chi connectivity index (χ0v) is 16.3. The summed E-state index contributed by atoms with van der Waals surface area (Å²) in [6.07, 6.45) is 4.40. The van der Waals surface area contributed by atoms with Gasteiger partial charge in [0, 0.05) is 12.2 Å². The van der Waals surface area contributed by atoms with Crippen molar-refractivity contribution >= 4 is 17.0 Å². The third kappa shape index (κ3) is 4.09. The van der Waals surface area contributed by atoms with Gasteiger partial charge in [-0.15, -0.1) is 0 Å². The van der Waals surface area contributed by atoms with E-state index >= 15 is 0 Å². The molecule has 0 radical (unpaired) electrons. The molecular weight excluding hydrogens is 328 g/mol. The van der Waals surface area contributed by atoms with Gasteiger partial charge in [0.15, 0.2) is 12.2 Å². The number of aryl methyl sites for hydroxylation is 1. The summed E-state index contributed by atoms with van der Waals surface area (Å²) >= 11 is 0. The number of allylic oxidation sites excluding steroid dienone is 2. The minimum atomic E-state index is -0.0776. The molecule has 5 nitrogen and oxygen atoms in total. The summed E-state index contributed by atoms with van der Waals surface area (Å²) < 4.78 is 11.1. The van der Waals surface area contributed by atoms with Crippen LogP contribution in [0.1, 0.15) is 46.1 Å². The van der Waals surface area contributed by atoms with E-state index in [9.17, 15) is 4.79 Å². The molecule has 140 valence electrons. The first kappa shape index (κ1) is 18.5. The Morgan fingerprint density at radius 3 is 2.88 bits per heavy atom. The highest BCUT2D eigenvalue weighted by atomic mass is 16.6. The molecule has 0 saturated heterocycles. The van der Waals surface area contributed by atoms with Crippen LogP contribution < -0.4 is 4.74 Å². The first-order valence-corrected chi connectivity index (χ1v) is 9.28. The second-order valence-corrected chi connectivity index (χ2v) is 8.06. The van der Waals surface area contributed by atoms with Crippen LogP contribution in [0, 0.1) is 18.3 Å². The first-order chi connectivity index (χ1) is 12.3. The smallest absolute Gasteiger partial charge is 0.395 e. The van der Waals surface area contributed by atoms with Crippen LogP contribution in [0.15, 0.2) is 34.4 Å². The SMILES string of the molecule is CCN(C(=O)COc1nc2cc(C)ccc2o1)C1=CC(C)CC(C)(C)C1. The normalized spacial score (nSPS) is 19.3. The van der Waals surface area contributed by atoms with Gasteiger partial charge >= 0.3 is 6.08 Å². The van der Waals surface area contributed by atoms with E-state index in [-0.39, 0.29) is 24.0 Å². The molecular formula is C21H28N2O3. The summed E-state index contributed by atoms with van der Waals surface area (Å²) in [5.74, 6) is 0.402. The number of fused-ring (bicyclic) bond motifs is 1. The van der Waals surface area contributed by atoms with Gasteiger partial charge in [-0.05, 0) is 55.7 Å². The Balaban J connectivity index is 1.69. The average molecular weight is 356 g/mol. The molecule has 0 saturated carbocycles. The second kappa shape index (κ2) is 7.14. The third-order valence-corrected chi connectivity index (χ3v) is 4.82. The predicted octanol–water partition coefficient (Wildman–Crippen LogP) is 4.70. The van der Waals surface area contributed by atoms with E-state index < -0.39 is 0 Å². The molecule has 2 aromatic rings. The topological polar surface area (TPSA) is 55.6 Å². The lowest BCUT2D eigenvalue weighted by atomic mass is 9.75. The van der Waals surface area contributed by atoms with Crippen LogP contribution in [0.4, 0.5) is 0 Å². The van der Waals surface area contributed by atoms with Gasteiger partial charge in [0.05, 0.1) is 0 Å². The Hall–Kier alpha value is -2.30. The molecule has 0 fully saturated rings. The molecule has 3 rings (SSSR count). The lowest BCUT2D eigenvalue weighted by Crippen LogP contribution is -2.37. The Labute approximate surface area is 155 Å². The zero-order valence-electron chi connectivity index (χ0n) is 16.3.